The number of halogens is 3. The van der Waals surface area contributed by atoms with E-state index in [1.165, 1.54) is 36.2 Å². The fraction of sp³-hybridized carbons (Fsp3) is 0.167. The van der Waals surface area contributed by atoms with E-state index in [1.807, 2.05) is 0 Å². The van der Waals surface area contributed by atoms with Gasteiger partial charge in [-0.25, -0.2) is 27.6 Å². The number of esters is 1. The maximum absolute atomic E-state index is 13.5. The number of alkyl halides is 2. The summed E-state index contributed by atoms with van der Waals surface area (Å²) < 4.78 is 45.2. The van der Waals surface area contributed by atoms with Crippen LogP contribution in [0, 0.1) is 5.82 Å². The number of hydrogen-bond donors (Lipinski definition) is 0. The predicted octanol–water partition coefficient (Wildman–Crippen LogP) is 3.72. The average Bonchev–Trinajstić information content (AvgIpc) is 3.11. The molecular weight excluding hydrogens is 347 g/mol. The molecule has 3 aromatic rings. The molecular formula is C18H14F3N3O2. The zero-order chi connectivity index (χ0) is 18.7. The monoisotopic (exact) mass is 361 g/mol. The first-order valence-electron chi connectivity index (χ1n) is 7.63. The molecule has 0 aliphatic carbocycles. The van der Waals surface area contributed by atoms with Gasteiger partial charge in [-0.15, -0.1) is 0 Å². The van der Waals surface area contributed by atoms with E-state index in [2.05, 4.69) is 14.8 Å². The van der Waals surface area contributed by atoms with Gasteiger partial charge in [0, 0.05) is 18.0 Å². The molecule has 134 valence electrons. The van der Waals surface area contributed by atoms with Crippen LogP contribution in [0.15, 0.2) is 48.8 Å². The Bertz CT molecular complexity index is 941. The molecule has 8 heteroatoms. The molecule has 2 heterocycles. The SMILES string of the molecule is COC(=O)c1ccn(-c2cc(Cc3cc(F)cc(C(F)F)c3)ccn2)n1. The largest absolute Gasteiger partial charge is 0.464 e. The van der Waals surface area contributed by atoms with Crippen molar-refractivity contribution in [1.82, 2.24) is 14.8 Å². The van der Waals surface area contributed by atoms with Crippen LogP contribution >= 0.6 is 0 Å². The van der Waals surface area contributed by atoms with E-state index in [-0.39, 0.29) is 17.7 Å². The Morgan fingerprint density at radius 1 is 1.19 bits per heavy atom. The van der Waals surface area contributed by atoms with E-state index < -0.39 is 18.2 Å². The third kappa shape index (κ3) is 3.90. The fourth-order valence-electron chi connectivity index (χ4n) is 2.50. The summed E-state index contributed by atoms with van der Waals surface area (Å²) in [4.78, 5) is 15.6. The Kier molecular flexibility index (Phi) is 5.01. The third-order valence-corrected chi connectivity index (χ3v) is 3.67. The minimum Gasteiger partial charge on any atom is -0.464 e. The molecule has 0 radical (unpaired) electrons. The van der Waals surface area contributed by atoms with Gasteiger partial charge in [0.2, 0.25) is 0 Å². The van der Waals surface area contributed by atoms with Gasteiger partial charge in [-0.2, -0.15) is 5.10 Å². The second-order valence-corrected chi connectivity index (χ2v) is 5.53. The van der Waals surface area contributed by atoms with Crippen LogP contribution in [-0.4, -0.2) is 27.8 Å². The van der Waals surface area contributed by atoms with Crippen LogP contribution < -0.4 is 0 Å². The normalized spacial score (nSPS) is 11.0. The van der Waals surface area contributed by atoms with Crippen LogP contribution in [0.3, 0.4) is 0 Å². The molecule has 0 fully saturated rings. The predicted molar refractivity (Wildman–Crippen MR) is 86.9 cm³/mol. The first kappa shape index (κ1) is 17.7. The van der Waals surface area contributed by atoms with Crippen molar-refractivity contribution in [2.45, 2.75) is 12.8 Å². The Labute approximate surface area is 147 Å². The number of aromatic nitrogens is 3. The summed E-state index contributed by atoms with van der Waals surface area (Å²) in [7, 11) is 1.26. The topological polar surface area (TPSA) is 57.0 Å². The van der Waals surface area contributed by atoms with Crippen molar-refractivity contribution in [3.63, 3.8) is 0 Å². The molecule has 0 spiro atoms. The molecule has 0 saturated heterocycles. The highest BCUT2D eigenvalue weighted by molar-refractivity contribution is 5.86. The molecule has 0 unspecified atom stereocenters. The summed E-state index contributed by atoms with van der Waals surface area (Å²) in [5.41, 5.74) is 0.930. The second-order valence-electron chi connectivity index (χ2n) is 5.53. The zero-order valence-corrected chi connectivity index (χ0v) is 13.7. The number of pyridine rings is 1. The maximum Gasteiger partial charge on any atom is 0.358 e. The summed E-state index contributed by atoms with van der Waals surface area (Å²) in [5, 5.41) is 4.07. The molecule has 2 aromatic heterocycles. The number of nitrogens with zero attached hydrogens (tertiary/aromatic N) is 3. The van der Waals surface area contributed by atoms with Crippen molar-refractivity contribution < 1.29 is 22.7 Å². The molecule has 3 rings (SSSR count). The van der Waals surface area contributed by atoms with Gasteiger partial charge in [0.25, 0.3) is 6.43 Å². The molecule has 0 saturated carbocycles. The van der Waals surface area contributed by atoms with E-state index in [9.17, 15) is 18.0 Å². The van der Waals surface area contributed by atoms with Crippen LogP contribution in [0.5, 0.6) is 0 Å². The highest BCUT2D eigenvalue weighted by atomic mass is 19.3. The fourth-order valence-corrected chi connectivity index (χ4v) is 2.50. The summed E-state index contributed by atoms with van der Waals surface area (Å²) in [6, 6.07) is 8.18. The van der Waals surface area contributed by atoms with E-state index in [1.54, 1.807) is 18.3 Å². The average molecular weight is 361 g/mol. The summed E-state index contributed by atoms with van der Waals surface area (Å²) in [6.07, 6.45) is 0.587. The van der Waals surface area contributed by atoms with E-state index in [0.717, 1.165) is 11.6 Å². The molecule has 1 aromatic carbocycles. The van der Waals surface area contributed by atoms with Gasteiger partial charge in [0.15, 0.2) is 11.5 Å². The van der Waals surface area contributed by atoms with E-state index in [4.69, 9.17) is 0 Å². The van der Waals surface area contributed by atoms with E-state index >= 15 is 0 Å². The molecule has 0 aliphatic heterocycles. The summed E-state index contributed by atoms with van der Waals surface area (Å²) in [6.45, 7) is 0. The smallest absolute Gasteiger partial charge is 0.358 e. The lowest BCUT2D eigenvalue weighted by Crippen LogP contribution is -2.05. The molecule has 0 N–H and O–H groups in total. The number of carbonyl (C=O) groups is 1. The Balaban J connectivity index is 1.86. The second kappa shape index (κ2) is 7.38. The van der Waals surface area contributed by atoms with Crippen molar-refractivity contribution in [2.24, 2.45) is 0 Å². The minimum atomic E-state index is -2.74. The van der Waals surface area contributed by atoms with Gasteiger partial charge in [-0.05, 0) is 53.9 Å². The van der Waals surface area contributed by atoms with Gasteiger partial charge in [0.05, 0.1) is 7.11 Å². The molecule has 0 atom stereocenters. The Morgan fingerprint density at radius 3 is 2.73 bits per heavy atom. The lowest BCUT2D eigenvalue weighted by molar-refractivity contribution is 0.0593. The van der Waals surface area contributed by atoms with Crippen LogP contribution in [0.1, 0.15) is 33.6 Å². The van der Waals surface area contributed by atoms with Crippen molar-refractivity contribution in [2.75, 3.05) is 7.11 Å². The van der Waals surface area contributed by atoms with Gasteiger partial charge >= 0.3 is 5.97 Å². The van der Waals surface area contributed by atoms with Gasteiger partial charge in [-0.1, -0.05) is 0 Å². The van der Waals surface area contributed by atoms with Crippen molar-refractivity contribution in [3.8, 4) is 5.82 Å². The lowest BCUT2D eigenvalue weighted by Gasteiger charge is -2.07. The standard InChI is InChI=1S/C18H14F3N3O2/c1-26-18(25)15-3-5-24(23-15)16-9-11(2-4-22-16)6-12-7-13(17(20)21)10-14(19)8-12/h2-5,7-10,17H,6H2,1H3. The molecule has 0 bridgehead atoms. The van der Waals surface area contributed by atoms with E-state index in [0.29, 0.717) is 11.4 Å². The van der Waals surface area contributed by atoms with Crippen LogP contribution in [0.2, 0.25) is 0 Å². The Hall–Kier alpha value is -3.16. The molecule has 5 nitrogen and oxygen atoms in total. The van der Waals surface area contributed by atoms with Gasteiger partial charge in [-0.3, -0.25) is 0 Å². The number of ether oxygens (including phenoxy) is 1. The van der Waals surface area contributed by atoms with Crippen molar-refractivity contribution >= 4 is 5.97 Å². The number of methoxy groups -OCH3 is 1. The van der Waals surface area contributed by atoms with Crippen LogP contribution in [-0.2, 0) is 11.2 Å². The first-order valence-corrected chi connectivity index (χ1v) is 7.63. The van der Waals surface area contributed by atoms with Crippen molar-refractivity contribution in [3.05, 3.63) is 77.0 Å². The lowest BCUT2D eigenvalue weighted by atomic mass is 10.0. The molecule has 26 heavy (non-hydrogen) atoms. The number of carbonyl (C=O) groups excluding carboxylic acids is 1. The summed E-state index contributed by atoms with van der Waals surface area (Å²) >= 11 is 0. The maximum atomic E-state index is 13.5. The zero-order valence-electron chi connectivity index (χ0n) is 13.7. The highest BCUT2D eigenvalue weighted by Gasteiger charge is 2.12. The molecule has 0 aliphatic rings. The van der Waals surface area contributed by atoms with Gasteiger partial charge < -0.3 is 4.74 Å². The van der Waals surface area contributed by atoms with Crippen LogP contribution in [0.25, 0.3) is 5.82 Å². The van der Waals surface area contributed by atoms with Crippen LogP contribution in [0.4, 0.5) is 13.2 Å². The van der Waals surface area contributed by atoms with Crippen molar-refractivity contribution in [1.29, 1.82) is 0 Å². The number of hydrogen-bond acceptors (Lipinski definition) is 4. The quantitative estimate of drug-likeness (QED) is 0.650. The molecule has 0 amide bonds. The summed E-state index contributed by atoms with van der Waals surface area (Å²) in [5.74, 6) is -0.843. The third-order valence-electron chi connectivity index (χ3n) is 3.67. The minimum absolute atomic E-state index is 0.131. The van der Waals surface area contributed by atoms with Gasteiger partial charge in [0.1, 0.15) is 5.82 Å². The first-order chi connectivity index (χ1) is 12.5. The Morgan fingerprint density at radius 2 is 2.00 bits per heavy atom. The number of rotatable bonds is 5. The number of benzene rings is 1. The highest BCUT2D eigenvalue weighted by Crippen LogP contribution is 2.23.